The molecule has 0 radical (unpaired) electrons. The molecule has 0 aliphatic rings. The third-order valence-corrected chi connectivity index (χ3v) is 4.10. The van der Waals surface area contributed by atoms with Crippen LogP contribution in [0.3, 0.4) is 0 Å². The lowest BCUT2D eigenvalue weighted by Crippen LogP contribution is -2.12. The van der Waals surface area contributed by atoms with Gasteiger partial charge in [-0.25, -0.2) is 15.0 Å². The number of aromatic nitrogens is 4. The molecule has 0 N–H and O–H groups in total. The predicted octanol–water partition coefficient (Wildman–Crippen LogP) is 4.12. The molecule has 0 unspecified atom stereocenters. The molecule has 2 aromatic heterocycles. The van der Waals surface area contributed by atoms with Crippen LogP contribution in [0.2, 0.25) is 5.15 Å². The average Bonchev–Trinajstić information content (AvgIpc) is 3.03. The molecule has 2 aromatic carbocycles. The molecule has 4 nitrogen and oxygen atoms in total. The molecule has 0 amide bonds. The van der Waals surface area contributed by atoms with Gasteiger partial charge in [0.1, 0.15) is 11.8 Å². The van der Waals surface area contributed by atoms with Crippen LogP contribution >= 0.6 is 11.6 Å². The number of fused-ring (bicyclic) bond motifs is 1. The lowest BCUT2D eigenvalue weighted by atomic mass is 9.98. The maximum absolute atomic E-state index is 6.14. The summed E-state index contributed by atoms with van der Waals surface area (Å²) in [5.41, 5.74) is 3.66. The molecule has 0 fully saturated rings. The Balaban J connectivity index is 1.96. The van der Waals surface area contributed by atoms with Gasteiger partial charge in [-0.3, -0.25) is 0 Å². The van der Waals surface area contributed by atoms with Gasteiger partial charge in [-0.2, -0.15) is 0 Å². The van der Waals surface area contributed by atoms with Gasteiger partial charge in [0.2, 0.25) is 0 Å². The van der Waals surface area contributed by atoms with Crippen LogP contribution in [0.25, 0.3) is 11.2 Å². The first-order valence-corrected chi connectivity index (χ1v) is 7.65. The van der Waals surface area contributed by atoms with Gasteiger partial charge >= 0.3 is 0 Å². The van der Waals surface area contributed by atoms with Crippen LogP contribution in [-0.2, 0) is 0 Å². The lowest BCUT2D eigenvalue weighted by molar-refractivity contribution is 0.691. The fourth-order valence-corrected chi connectivity index (χ4v) is 2.97. The maximum Gasteiger partial charge on any atom is 0.165 e. The number of hydrogen-bond acceptors (Lipinski definition) is 3. The van der Waals surface area contributed by atoms with Crippen molar-refractivity contribution in [3.8, 4) is 0 Å². The Morgan fingerprint density at radius 3 is 2.00 bits per heavy atom. The topological polar surface area (TPSA) is 43.6 Å². The highest BCUT2D eigenvalue weighted by Gasteiger charge is 2.20. The summed E-state index contributed by atoms with van der Waals surface area (Å²) < 4.78 is 2.04. The summed E-state index contributed by atoms with van der Waals surface area (Å²) in [6.45, 7) is 0. The number of nitrogens with zero attached hydrogens (tertiary/aromatic N) is 4. The Morgan fingerprint density at radius 2 is 1.39 bits per heavy atom. The van der Waals surface area contributed by atoms with Crippen LogP contribution in [0.4, 0.5) is 0 Å². The van der Waals surface area contributed by atoms with Crippen molar-refractivity contribution in [2.75, 3.05) is 0 Å². The largest absolute Gasteiger partial charge is 0.303 e. The fourth-order valence-electron chi connectivity index (χ4n) is 2.80. The zero-order chi connectivity index (χ0) is 15.6. The van der Waals surface area contributed by atoms with Gasteiger partial charge in [-0.15, -0.1) is 0 Å². The van der Waals surface area contributed by atoms with Crippen LogP contribution in [0.15, 0.2) is 73.3 Å². The van der Waals surface area contributed by atoms with Crippen molar-refractivity contribution < 1.29 is 0 Å². The van der Waals surface area contributed by atoms with Gasteiger partial charge in [0, 0.05) is 0 Å². The normalized spacial score (nSPS) is 11.2. The van der Waals surface area contributed by atoms with E-state index in [1.54, 1.807) is 6.33 Å². The molecule has 23 heavy (non-hydrogen) atoms. The van der Waals surface area contributed by atoms with E-state index in [1.807, 2.05) is 41.0 Å². The molecule has 0 aliphatic carbocycles. The first-order chi connectivity index (χ1) is 11.3. The second kappa shape index (κ2) is 5.82. The first-order valence-electron chi connectivity index (χ1n) is 7.27. The average molecular weight is 321 g/mol. The Labute approximate surface area is 138 Å². The van der Waals surface area contributed by atoms with Crippen molar-refractivity contribution in [1.29, 1.82) is 0 Å². The zero-order valence-corrected chi connectivity index (χ0v) is 12.9. The summed E-state index contributed by atoms with van der Waals surface area (Å²) >= 11 is 6.14. The number of benzene rings is 2. The molecule has 0 spiro atoms. The van der Waals surface area contributed by atoms with E-state index in [0.717, 1.165) is 16.8 Å². The summed E-state index contributed by atoms with van der Waals surface area (Å²) in [6, 6.07) is 20.6. The van der Waals surface area contributed by atoms with E-state index in [2.05, 4.69) is 39.2 Å². The first kappa shape index (κ1) is 13.9. The van der Waals surface area contributed by atoms with Crippen molar-refractivity contribution in [2.24, 2.45) is 0 Å². The van der Waals surface area contributed by atoms with Crippen LogP contribution < -0.4 is 0 Å². The van der Waals surface area contributed by atoms with E-state index in [-0.39, 0.29) is 6.04 Å². The Bertz CT molecular complexity index is 896. The van der Waals surface area contributed by atoms with Crippen LogP contribution in [-0.4, -0.2) is 19.5 Å². The minimum atomic E-state index is -0.0200. The zero-order valence-electron chi connectivity index (χ0n) is 12.2. The number of rotatable bonds is 3. The highest BCUT2D eigenvalue weighted by molar-refractivity contribution is 6.33. The van der Waals surface area contributed by atoms with Gasteiger partial charge in [-0.1, -0.05) is 72.3 Å². The molecule has 0 saturated carbocycles. The standard InChI is InChI=1S/C18H13ClN4/c19-17-15-18(21-11-20-17)23(12-22-15)16(13-7-3-1-4-8-13)14-9-5-2-6-10-14/h1-12,16H. The quantitative estimate of drug-likeness (QED) is 0.533. The van der Waals surface area contributed by atoms with Gasteiger partial charge in [0.25, 0.3) is 0 Å². The minimum absolute atomic E-state index is 0.0200. The molecule has 0 saturated heterocycles. The van der Waals surface area contributed by atoms with E-state index in [4.69, 9.17) is 11.6 Å². The minimum Gasteiger partial charge on any atom is -0.303 e. The summed E-state index contributed by atoms with van der Waals surface area (Å²) in [5.74, 6) is 0. The van der Waals surface area contributed by atoms with E-state index < -0.39 is 0 Å². The maximum atomic E-state index is 6.14. The smallest absolute Gasteiger partial charge is 0.165 e. The van der Waals surface area contributed by atoms with Crippen molar-refractivity contribution >= 4 is 22.8 Å². The Kier molecular flexibility index (Phi) is 3.52. The van der Waals surface area contributed by atoms with Crippen molar-refractivity contribution in [2.45, 2.75) is 6.04 Å². The van der Waals surface area contributed by atoms with Crippen molar-refractivity contribution in [3.05, 3.63) is 89.6 Å². The number of halogens is 1. The van der Waals surface area contributed by atoms with E-state index in [0.29, 0.717) is 10.7 Å². The molecule has 4 aromatic rings. The van der Waals surface area contributed by atoms with E-state index in [9.17, 15) is 0 Å². The molecule has 4 rings (SSSR count). The van der Waals surface area contributed by atoms with E-state index >= 15 is 0 Å². The second-order valence-electron chi connectivity index (χ2n) is 5.21. The molecule has 0 atom stereocenters. The third kappa shape index (κ3) is 2.47. The second-order valence-corrected chi connectivity index (χ2v) is 5.57. The monoisotopic (exact) mass is 320 g/mol. The molecular weight excluding hydrogens is 308 g/mol. The summed E-state index contributed by atoms with van der Waals surface area (Å²) in [7, 11) is 0. The van der Waals surface area contributed by atoms with Gasteiger partial charge in [0.05, 0.1) is 12.4 Å². The molecule has 2 heterocycles. The highest BCUT2D eigenvalue weighted by atomic mass is 35.5. The molecule has 0 bridgehead atoms. The Morgan fingerprint density at radius 1 is 0.783 bits per heavy atom. The van der Waals surface area contributed by atoms with Gasteiger partial charge < -0.3 is 4.57 Å². The van der Waals surface area contributed by atoms with Crippen LogP contribution in [0.1, 0.15) is 17.2 Å². The molecule has 5 heteroatoms. The van der Waals surface area contributed by atoms with Crippen molar-refractivity contribution in [1.82, 2.24) is 19.5 Å². The summed E-state index contributed by atoms with van der Waals surface area (Å²) in [4.78, 5) is 12.8. The SMILES string of the molecule is Clc1ncnc2c1ncn2C(c1ccccc1)c1ccccc1. The molecule has 112 valence electrons. The highest BCUT2D eigenvalue weighted by Crippen LogP contribution is 2.30. The number of hydrogen-bond donors (Lipinski definition) is 0. The third-order valence-electron chi connectivity index (χ3n) is 3.82. The summed E-state index contributed by atoms with van der Waals surface area (Å²) in [6.07, 6.45) is 3.24. The van der Waals surface area contributed by atoms with Crippen molar-refractivity contribution in [3.63, 3.8) is 0 Å². The molecular formula is C18H13ClN4. The van der Waals surface area contributed by atoms with Crippen LogP contribution in [0.5, 0.6) is 0 Å². The summed E-state index contributed by atoms with van der Waals surface area (Å²) in [5, 5.41) is 0.369. The fraction of sp³-hybridized carbons (Fsp3) is 0.0556. The van der Waals surface area contributed by atoms with Gasteiger partial charge in [0.15, 0.2) is 10.8 Å². The van der Waals surface area contributed by atoms with Crippen LogP contribution in [0, 0.1) is 0 Å². The van der Waals surface area contributed by atoms with E-state index in [1.165, 1.54) is 6.33 Å². The predicted molar refractivity (Wildman–Crippen MR) is 90.5 cm³/mol. The Hall–Kier alpha value is -2.72. The number of imidazole rings is 1. The van der Waals surface area contributed by atoms with Gasteiger partial charge in [-0.05, 0) is 11.1 Å². The molecule has 0 aliphatic heterocycles. The lowest BCUT2D eigenvalue weighted by Gasteiger charge is -2.20.